The fourth-order valence-electron chi connectivity index (χ4n) is 1.38. The summed E-state index contributed by atoms with van der Waals surface area (Å²) in [5, 5.41) is 0.455. The number of hydrogen-bond acceptors (Lipinski definition) is 4. The number of carbonyl (C=O) groups excluding carboxylic acids is 1. The quantitative estimate of drug-likeness (QED) is 0.601. The van der Waals surface area contributed by atoms with Gasteiger partial charge < -0.3 is 4.74 Å². The number of aromatic nitrogens is 2. The van der Waals surface area contributed by atoms with Gasteiger partial charge in [0.15, 0.2) is 12.4 Å². The summed E-state index contributed by atoms with van der Waals surface area (Å²) >= 11 is 6.04. The summed E-state index contributed by atoms with van der Waals surface area (Å²) in [6.07, 6.45) is 1.85. The van der Waals surface area contributed by atoms with Crippen LogP contribution in [0.1, 0.15) is 37.4 Å². The molecule has 0 saturated carbocycles. The topological polar surface area (TPSA) is 52.1 Å². The first-order valence-electron chi connectivity index (χ1n) is 5.19. The molecule has 0 aliphatic rings. The largest absolute Gasteiger partial charge is 0.458 e. The van der Waals surface area contributed by atoms with Gasteiger partial charge in [-0.25, -0.2) is 9.97 Å². The summed E-state index contributed by atoms with van der Waals surface area (Å²) in [5.74, 6) is 0.0903. The van der Waals surface area contributed by atoms with Crippen LogP contribution in [0.15, 0.2) is 0 Å². The highest BCUT2D eigenvalue weighted by Gasteiger charge is 2.09. The van der Waals surface area contributed by atoms with Gasteiger partial charge in [0.05, 0.1) is 0 Å². The first-order valence-corrected chi connectivity index (χ1v) is 5.57. The molecule has 0 N–H and O–H groups in total. The van der Waals surface area contributed by atoms with Gasteiger partial charge in [0.1, 0.15) is 5.15 Å². The number of ether oxygens (including phenoxy) is 1. The van der Waals surface area contributed by atoms with Gasteiger partial charge in [-0.2, -0.15) is 0 Å². The molecule has 4 nitrogen and oxygen atoms in total. The first kappa shape index (κ1) is 12.9. The minimum Gasteiger partial charge on any atom is -0.458 e. The van der Waals surface area contributed by atoms with Crippen molar-refractivity contribution < 1.29 is 9.53 Å². The third-order valence-electron chi connectivity index (χ3n) is 2.11. The van der Waals surface area contributed by atoms with Crippen molar-refractivity contribution >= 4 is 17.6 Å². The van der Waals surface area contributed by atoms with E-state index in [0.717, 1.165) is 24.1 Å². The summed E-state index contributed by atoms with van der Waals surface area (Å²) in [5.41, 5.74) is 1.82. The molecule has 1 heterocycles. The maximum atomic E-state index is 10.6. The fraction of sp³-hybridized carbons (Fsp3) is 0.545. The molecule has 1 aromatic heterocycles. The minimum absolute atomic E-state index is 0.0717. The highest BCUT2D eigenvalue weighted by molar-refractivity contribution is 6.30. The molecule has 1 aromatic rings. The molecule has 16 heavy (non-hydrogen) atoms. The average molecular weight is 243 g/mol. The van der Waals surface area contributed by atoms with Gasteiger partial charge in [-0.1, -0.05) is 24.9 Å². The maximum Gasteiger partial charge on any atom is 0.303 e. The van der Waals surface area contributed by atoms with Crippen LogP contribution in [0.5, 0.6) is 0 Å². The third kappa shape index (κ3) is 3.45. The second kappa shape index (κ2) is 5.80. The zero-order valence-corrected chi connectivity index (χ0v) is 10.5. The summed E-state index contributed by atoms with van der Waals surface area (Å²) < 4.78 is 4.82. The standard InChI is InChI=1S/C11H15ClN2O2/c1-4-5-9-7(2)13-10(14-11(9)12)6-16-8(3)15/h4-6H2,1-3H3. The molecule has 0 bridgehead atoms. The Morgan fingerprint density at radius 2 is 2.12 bits per heavy atom. The molecule has 0 aliphatic heterocycles. The molecule has 1 rings (SSSR count). The van der Waals surface area contributed by atoms with Gasteiger partial charge in [0.2, 0.25) is 0 Å². The Balaban J connectivity index is 2.86. The van der Waals surface area contributed by atoms with E-state index in [1.807, 2.05) is 6.92 Å². The molecule has 0 aromatic carbocycles. The summed E-state index contributed by atoms with van der Waals surface area (Å²) in [4.78, 5) is 19.0. The van der Waals surface area contributed by atoms with Crippen LogP contribution in [-0.4, -0.2) is 15.9 Å². The zero-order chi connectivity index (χ0) is 12.1. The number of rotatable bonds is 4. The third-order valence-corrected chi connectivity index (χ3v) is 2.43. The summed E-state index contributed by atoms with van der Waals surface area (Å²) in [7, 11) is 0. The van der Waals surface area contributed by atoms with E-state index in [2.05, 4.69) is 16.9 Å². The Bertz CT molecular complexity index is 371. The molecule has 0 aliphatic carbocycles. The lowest BCUT2D eigenvalue weighted by Crippen LogP contribution is -2.07. The maximum absolute atomic E-state index is 10.6. The Hall–Kier alpha value is -1.16. The molecule has 0 saturated heterocycles. The highest BCUT2D eigenvalue weighted by Crippen LogP contribution is 2.18. The SMILES string of the molecule is CCCc1c(C)nc(COC(C)=O)nc1Cl. The van der Waals surface area contributed by atoms with E-state index in [9.17, 15) is 4.79 Å². The lowest BCUT2D eigenvalue weighted by Gasteiger charge is -2.08. The van der Waals surface area contributed by atoms with Gasteiger partial charge in [-0.3, -0.25) is 4.79 Å². The molecule has 0 unspecified atom stereocenters. The number of hydrogen-bond donors (Lipinski definition) is 0. The van der Waals surface area contributed by atoms with Crippen LogP contribution < -0.4 is 0 Å². The molecule has 0 atom stereocenters. The lowest BCUT2D eigenvalue weighted by atomic mass is 10.1. The van der Waals surface area contributed by atoms with E-state index in [0.29, 0.717) is 11.0 Å². The molecule has 0 radical (unpaired) electrons. The molecule has 0 amide bonds. The highest BCUT2D eigenvalue weighted by atomic mass is 35.5. The molecule has 5 heteroatoms. The van der Waals surface area contributed by atoms with Gasteiger partial charge >= 0.3 is 5.97 Å². The summed E-state index contributed by atoms with van der Waals surface area (Å²) in [6, 6.07) is 0. The van der Waals surface area contributed by atoms with Crippen LogP contribution in [0, 0.1) is 6.92 Å². The molecule has 0 fully saturated rings. The van der Waals surface area contributed by atoms with Crippen molar-refractivity contribution in [2.75, 3.05) is 0 Å². The minimum atomic E-state index is -0.352. The Morgan fingerprint density at radius 1 is 1.44 bits per heavy atom. The smallest absolute Gasteiger partial charge is 0.303 e. The van der Waals surface area contributed by atoms with Crippen molar-refractivity contribution in [3.63, 3.8) is 0 Å². The van der Waals surface area contributed by atoms with Crippen molar-refractivity contribution in [1.29, 1.82) is 0 Å². The van der Waals surface area contributed by atoms with Gasteiger partial charge in [-0.05, 0) is 13.3 Å². The number of aryl methyl sites for hydroxylation is 1. The molecule has 0 spiro atoms. The predicted octanol–water partition coefficient (Wildman–Crippen LogP) is 2.45. The lowest BCUT2D eigenvalue weighted by molar-refractivity contribution is -0.142. The fourth-order valence-corrected chi connectivity index (χ4v) is 1.71. The van der Waals surface area contributed by atoms with Crippen LogP contribution in [0.3, 0.4) is 0 Å². The van der Waals surface area contributed by atoms with Crippen molar-refractivity contribution in [2.45, 2.75) is 40.2 Å². The van der Waals surface area contributed by atoms with Gasteiger partial charge in [0.25, 0.3) is 0 Å². The Labute approximate surface area is 100 Å². The van der Waals surface area contributed by atoms with E-state index < -0.39 is 0 Å². The average Bonchev–Trinajstić information content (AvgIpc) is 2.20. The number of nitrogens with zero attached hydrogens (tertiary/aromatic N) is 2. The van der Waals surface area contributed by atoms with Crippen LogP contribution in [0.4, 0.5) is 0 Å². The summed E-state index contributed by atoms with van der Waals surface area (Å²) in [6.45, 7) is 5.38. The second-order valence-corrected chi connectivity index (χ2v) is 3.88. The van der Waals surface area contributed by atoms with Crippen LogP contribution >= 0.6 is 11.6 Å². The van der Waals surface area contributed by atoms with Crippen molar-refractivity contribution in [3.8, 4) is 0 Å². The Morgan fingerprint density at radius 3 is 2.62 bits per heavy atom. The van der Waals surface area contributed by atoms with Crippen molar-refractivity contribution in [2.24, 2.45) is 0 Å². The predicted molar refractivity (Wildman–Crippen MR) is 61.2 cm³/mol. The van der Waals surface area contributed by atoms with Crippen LogP contribution in [0.2, 0.25) is 5.15 Å². The van der Waals surface area contributed by atoms with E-state index in [4.69, 9.17) is 16.3 Å². The zero-order valence-electron chi connectivity index (χ0n) is 9.71. The molecular formula is C11H15ClN2O2. The normalized spacial score (nSPS) is 10.2. The van der Waals surface area contributed by atoms with E-state index in [1.165, 1.54) is 6.92 Å². The number of halogens is 1. The Kier molecular flexibility index (Phi) is 4.68. The molecular weight excluding hydrogens is 228 g/mol. The van der Waals surface area contributed by atoms with Gasteiger partial charge in [0, 0.05) is 18.2 Å². The number of esters is 1. The van der Waals surface area contributed by atoms with Gasteiger partial charge in [-0.15, -0.1) is 0 Å². The van der Waals surface area contributed by atoms with Crippen molar-refractivity contribution in [3.05, 3.63) is 22.2 Å². The monoisotopic (exact) mass is 242 g/mol. The van der Waals surface area contributed by atoms with Crippen molar-refractivity contribution in [1.82, 2.24) is 9.97 Å². The second-order valence-electron chi connectivity index (χ2n) is 3.52. The van der Waals surface area contributed by atoms with E-state index >= 15 is 0 Å². The first-order chi connectivity index (χ1) is 7.54. The van der Waals surface area contributed by atoms with E-state index in [-0.39, 0.29) is 12.6 Å². The van der Waals surface area contributed by atoms with E-state index in [1.54, 1.807) is 0 Å². The number of carbonyl (C=O) groups is 1. The van der Waals surface area contributed by atoms with Crippen LogP contribution in [-0.2, 0) is 22.6 Å². The van der Waals surface area contributed by atoms with Crippen LogP contribution in [0.25, 0.3) is 0 Å². The molecule has 88 valence electrons.